The van der Waals surface area contributed by atoms with E-state index in [-0.39, 0.29) is 10.9 Å². The third-order valence-electron chi connectivity index (χ3n) is 5.36. The number of piperidine rings is 1. The molecule has 3 rings (SSSR count). The summed E-state index contributed by atoms with van der Waals surface area (Å²) < 4.78 is 29.7. The molecule has 1 aromatic rings. The van der Waals surface area contributed by atoms with E-state index in [1.807, 2.05) is 6.92 Å². The lowest BCUT2D eigenvalue weighted by Crippen LogP contribution is -2.50. The van der Waals surface area contributed by atoms with Gasteiger partial charge in [-0.15, -0.1) is 0 Å². The second kappa shape index (κ2) is 7.97. The zero-order chi connectivity index (χ0) is 17.0. The molecule has 0 spiro atoms. The van der Waals surface area contributed by atoms with E-state index in [1.54, 1.807) is 10.9 Å². The summed E-state index contributed by atoms with van der Waals surface area (Å²) in [5, 5.41) is 4.08. The van der Waals surface area contributed by atoms with Crippen molar-refractivity contribution in [1.82, 2.24) is 19.4 Å². The lowest BCUT2D eigenvalue weighted by atomic mass is 10.0. The molecule has 24 heavy (non-hydrogen) atoms. The maximum absolute atomic E-state index is 12.6. The summed E-state index contributed by atoms with van der Waals surface area (Å²) in [6.45, 7) is 4.57. The summed E-state index contributed by atoms with van der Waals surface area (Å²) in [5.41, 5.74) is 0. The van der Waals surface area contributed by atoms with Gasteiger partial charge in [0.1, 0.15) is 4.90 Å². The number of nitrogens with zero attached hydrogens (tertiary/aromatic N) is 3. The number of aryl methyl sites for hydroxylation is 1. The highest BCUT2D eigenvalue weighted by Crippen LogP contribution is 2.25. The molecule has 0 amide bonds. The van der Waals surface area contributed by atoms with Crippen LogP contribution in [0.15, 0.2) is 17.3 Å². The molecule has 2 fully saturated rings. The Hall–Kier alpha value is -0.920. The third kappa shape index (κ3) is 4.37. The monoisotopic (exact) mass is 354 g/mol. The van der Waals surface area contributed by atoms with Gasteiger partial charge in [-0.3, -0.25) is 9.58 Å². The van der Waals surface area contributed by atoms with E-state index < -0.39 is 10.0 Å². The number of rotatable bonds is 5. The first-order valence-corrected chi connectivity index (χ1v) is 10.9. The smallest absolute Gasteiger partial charge is 0.243 e. The number of aromatic nitrogens is 2. The average Bonchev–Trinajstić information content (AvgIpc) is 2.91. The maximum atomic E-state index is 12.6. The minimum absolute atomic E-state index is 0.0111. The first-order valence-electron chi connectivity index (χ1n) is 9.37. The zero-order valence-electron chi connectivity index (χ0n) is 14.7. The van der Waals surface area contributed by atoms with Crippen molar-refractivity contribution in [3.05, 3.63) is 12.4 Å². The van der Waals surface area contributed by atoms with E-state index in [0.717, 1.165) is 25.9 Å². The maximum Gasteiger partial charge on any atom is 0.243 e. The Morgan fingerprint density at radius 3 is 2.58 bits per heavy atom. The number of hydrogen-bond donors (Lipinski definition) is 1. The topological polar surface area (TPSA) is 67.2 Å². The predicted molar refractivity (Wildman–Crippen MR) is 94.3 cm³/mol. The second-order valence-electron chi connectivity index (χ2n) is 7.13. The molecule has 7 heteroatoms. The number of sulfonamides is 1. The molecule has 1 aromatic heterocycles. The SMILES string of the molecule is CCn1cc(S(=O)(=O)N[C@H]2CCCN(C3CCCCCC3)C2)cn1. The van der Waals surface area contributed by atoms with Crippen LogP contribution in [0.4, 0.5) is 0 Å². The predicted octanol–water partition coefficient (Wildman–Crippen LogP) is 2.37. The van der Waals surface area contributed by atoms with Crippen LogP contribution in [0.3, 0.4) is 0 Å². The van der Waals surface area contributed by atoms with Gasteiger partial charge in [0.15, 0.2) is 0 Å². The van der Waals surface area contributed by atoms with Gasteiger partial charge in [0.2, 0.25) is 10.0 Å². The van der Waals surface area contributed by atoms with Crippen molar-refractivity contribution in [3.63, 3.8) is 0 Å². The minimum atomic E-state index is -3.47. The first kappa shape index (κ1) is 17.9. The Labute approximate surface area is 145 Å². The molecule has 1 aliphatic heterocycles. The Bertz CT molecular complexity index is 620. The molecular formula is C17H30N4O2S. The molecule has 0 aromatic carbocycles. The van der Waals surface area contributed by atoms with E-state index in [2.05, 4.69) is 14.7 Å². The first-order chi connectivity index (χ1) is 11.6. The van der Waals surface area contributed by atoms with Crippen molar-refractivity contribution >= 4 is 10.0 Å². The van der Waals surface area contributed by atoms with Gasteiger partial charge >= 0.3 is 0 Å². The highest BCUT2D eigenvalue weighted by atomic mass is 32.2. The molecule has 0 unspecified atom stereocenters. The number of nitrogens with one attached hydrogen (secondary N) is 1. The summed E-state index contributed by atoms with van der Waals surface area (Å²) in [6.07, 6.45) is 12.9. The van der Waals surface area contributed by atoms with Gasteiger partial charge in [-0.05, 0) is 39.2 Å². The largest absolute Gasteiger partial charge is 0.299 e. The molecule has 2 aliphatic rings. The Morgan fingerprint density at radius 2 is 1.92 bits per heavy atom. The van der Waals surface area contributed by atoms with Crippen molar-refractivity contribution in [2.24, 2.45) is 0 Å². The molecule has 1 atom stereocenters. The third-order valence-corrected chi connectivity index (χ3v) is 6.83. The number of hydrogen-bond acceptors (Lipinski definition) is 4. The molecule has 0 bridgehead atoms. The average molecular weight is 355 g/mol. The number of likely N-dealkylation sites (tertiary alicyclic amines) is 1. The summed E-state index contributed by atoms with van der Waals surface area (Å²) >= 11 is 0. The highest BCUT2D eigenvalue weighted by Gasteiger charge is 2.29. The molecule has 1 aliphatic carbocycles. The van der Waals surface area contributed by atoms with Gasteiger partial charge in [0, 0.05) is 31.4 Å². The normalized spacial score (nSPS) is 24.8. The van der Waals surface area contributed by atoms with Crippen LogP contribution >= 0.6 is 0 Å². The van der Waals surface area contributed by atoms with E-state index in [9.17, 15) is 8.42 Å². The van der Waals surface area contributed by atoms with E-state index in [4.69, 9.17) is 0 Å². The molecule has 1 saturated heterocycles. The van der Waals surface area contributed by atoms with Crippen LogP contribution in [0.2, 0.25) is 0 Å². The molecule has 6 nitrogen and oxygen atoms in total. The van der Waals surface area contributed by atoms with Crippen LogP contribution in [0.5, 0.6) is 0 Å². The van der Waals surface area contributed by atoms with Crippen molar-refractivity contribution in [1.29, 1.82) is 0 Å². The fraction of sp³-hybridized carbons (Fsp3) is 0.824. The van der Waals surface area contributed by atoms with Crippen molar-refractivity contribution in [2.75, 3.05) is 13.1 Å². The Morgan fingerprint density at radius 1 is 1.17 bits per heavy atom. The van der Waals surface area contributed by atoms with Gasteiger partial charge in [0.25, 0.3) is 0 Å². The van der Waals surface area contributed by atoms with Gasteiger partial charge < -0.3 is 0 Å². The fourth-order valence-corrected chi connectivity index (χ4v) is 5.21. The van der Waals surface area contributed by atoms with Crippen LogP contribution in [0.25, 0.3) is 0 Å². The van der Waals surface area contributed by atoms with Crippen LogP contribution < -0.4 is 4.72 Å². The molecule has 1 N–H and O–H groups in total. The van der Waals surface area contributed by atoms with Crippen LogP contribution in [0.1, 0.15) is 58.3 Å². The van der Waals surface area contributed by atoms with Crippen molar-refractivity contribution in [2.45, 2.75) is 81.8 Å². The quantitative estimate of drug-likeness (QED) is 0.825. The lowest BCUT2D eigenvalue weighted by molar-refractivity contribution is 0.132. The van der Waals surface area contributed by atoms with Gasteiger partial charge in [-0.1, -0.05) is 25.7 Å². The second-order valence-corrected chi connectivity index (χ2v) is 8.85. The van der Waals surface area contributed by atoms with E-state index >= 15 is 0 Å². The summed E-state index contributed by atoms with van der Waals surface area (Å²) in [5.74, 6) is 0. The molecular weight excluding hydrogens is 324 g/mol. The van der Waals surface area contributed by atoms with Gasteiger partial charge in [-0.2, -0.15) is 5.10 Å². The highest BCUT2D eigenvalue weighted by molar-refractivity contribution is 7.89. The zero-order valence-corrected chi connectivity index (χ0v) is 15.5. The molecule has 2 heterocycles. The lowest BCUT2D eigenvalue weighted by Gasteiger charge is -2.38. The summed E-state index contributed by atoms with van der Waals surface area (Å²) in [6, 6.07) is 0.652. The summed E-state index contributed by atoms with van der Waals surface area (Å²) in [7, 11) is -3.47. The van der Waals surface area contributed by atoms with Crippen molar-refractivity contribution < 1.29 is 8.42 Å². The molecule has 136 valence electrons. The van der Waals surface area contributed by atoms with Crippen molar-refractivity contribution in [3.8, 4) is 0 Å². The minimum Gasteiger partial charge on any atom is -0.299 e. The van der Waals surface area contributed by atoms with Gasteiger partial charge in [0.05, 0.1) is 6.20 Å². The van der Waals surface area contributed by atoms with Gasteiger partial charge in [-0.25, -0.2) is 13.1 Å². The van der Waals surface area contributed by atoms with Crippen LogP contribution in [-0.4, -0.2) is 48.3 Å². The Balaban J connectivity index is 1.62. The molecule has 0 radical (unpaired) electrons. The summed E-state index contributed by atoms with van der Waals surface area (Å²) in [4.78, 5) is 2.80. The molecule has 1 saturated carbocycles. The van der Waals surface area contributed by atoms with E-state index in [1.165, 1.54) is 44.7 Å². The van der Waals surface area contributed by atoms with Crippen LogP contribution in [0, 0.1) is 0 Å². The van der Waals surface area contributed by atoms with E-state index in [0.29, 0.717) is 12.6 Å². The van der Waals surface area contributed by atoms with Crippen LogP contribution in [-0.2, 0) is 16.6 Å². The Kier molecular flexibility index (Phi) is 5.94. The standard InChI is InChI=1S/C17H30N4O2S/c1-2-21-14-17(12-18-21)24(22,23)19-15-8-7-11-20(13-15)16-9-5-3-4-6-10-16/h12,14-16,19H,2-11,13H2,1H3/t15-/m0/s1. The fourth-order valence-electron chi connectivity index (χ4n) is 4.00.